The molecule has 0 amide bonds. The summed E-state index contributed by atoms with van der Waals surface area (Å²) in [6, 6.07) is 14.1. The second-order valence-corrected chi connectivity index (χ2v) is 5.71. The smallest absolute Gasteiger partial charge is 0.143 e. The van der Waals surface area contributed by atoms with Gasteiger partial charge >= 0.3 is 0 Å². The van der Waals surface area contributed by atoms with E-state index in [2.05, 4.69) is 49.3 Å². The minimum absolute atomic E-state index is 0.238. The Labute approximate surface area is 123 Å². The molecule has 2 rings (SSSR count). The predicted molar refractivity (Wildman–Crippen MR) is 80.5 cm³/mol. The van der Waals surface area contributed by atoms with E-state index in [0.29, 0.717) is 8.95 Å². The third kappa shape index (κ3) is 3.57. The molecule has 2 nitrogen and oxygen atoms in total. The number of hydrogen-bond acceptors (Lipinski definition) is 2. The van der Waals surface area contributed by atoms with E-state index < -0.39 is 0 Å². The summed E-state index contributed by atoms with van der Waals surface area (Å²) in [5.74, 6) is 0.238. The van der Waals surface area contributed by atoms with Crippen molar-refractivity contribution in [2.75, 3.05) is 0 Å². The fraction of sp³-hybridized carbons (Fsp3) is 0.143. The van der Waals surface area contributed by atoms with Gasteiger partial charge in [-0.1, -0.05) is 30.3 Å². The number of benzene rings is 2. The van der Waals surface area contributed by atoms with Crippen LogP contribution in [-0.4, -0.2) is 5.11 Å². The maximum absolute atomic E-state index is 9.62. The molecule has 0 bridgehead atoms. The Morgan fingerprint density at radius 3 is 2.06 bits per heavy atom. The number of rotatable bonds is 4. The first-order valence-corrected chi connectivity index (χ1v) is 7.17. The highest BCUT2D eigenvalue weighted by Crippen LogP contribution is 2.33. The van der Waals surface area contributed by atoms with Crippen LogP contribution in [0.2, 0.25) is 0 Å². The maximum Gasteiger partial charge on any atom is 0.143 e. The lowest BCUT2D eigenvalue weighted by atomic mass is 10.2. The van der Waals surface area contributed by atoms with Gasteiger partial charge in [0, 0.05) is 13.1 Å². The summed E-state index contributed by atoms with van der Waals surface area (Å²) in [5.41, 5.74) is 2.37. The van der Waals surface area contributed by atoms with Crippen LogP contribution >= 0.6 is 31.9 Å². The van der Waals surface area contributed by atoms with Crippen molar-refractivity contribution >= 4 is 31.9 Å². The van der Waals surface area contributed by atoms with E-state index in [0.717, 1.165) is 18.7 Å². The first kappa shape index (κ1) is 13.6. The molecular formula is C14H13Br2NO. The van der Waals surface area contributed by atoms with E-state index in [4.69, 9.17) is 0 Å². The molecule has 0 aliphatic carbocycles. The zero-order valence-corrected chi connectivity index (χ0v) is 12.8. The largest absolute Gasteiger partial charge is 0.506 e. The van der Waals surface area contributed by atoms with Gasteiger partial charge in [0.05, 0.1) is 8.95 Å². The normalized spacial score (nSPS) is 10.6. The zero-order chi connectivity index (χ0) is 13.0. The van der Waals surface area contributed by atoms with Gasteiger partial charge < -0.3 is 10.4 Å². The van der Waals surface area contributed by atoms with Crippen molar-refractivity contribution in [2.24, 2.45) is 0 Å². The van der Waals surface area contributed by atoms with E-state index in [9.17, 15) is 5.11 Å². The van der Waals surface area contributed by atoms with Crippen LogP contribution in [-0.2, 0) is 13.1 Å². The van der Waals surface area contributed by atoms with Crippen LogP contribution in [0.4, 0.5) is 0 Å². The SMILES string of the molecule is Oc1c(Br)cc(CNCc2ccccc2)cc1Br. The highest BCUT2D eigenvalue weighted by atomic mass is 79.9. The molecule has 0 radical (unpaired) electrons. The zero-order valence-electron chi connectivity index (χ0n) is 9.66. The van der Waals surface area contributed by atoms with E-state index in [1.54, 1.807) is 0 Å². The van der Waals surface area contributed by atoms with Crippen LogP contribution in [0.1, 0.15) is 11.1 Å². The standard InChI is InChI=1S/C14H13Br2NO/c15-12-6-11(7-13(16)14(12)18)9-17-8-10-4-2-1-3-5-10/h1-7,17-18H,8-9H2. The second kappa shape index (κ2) is 6.36. The average molecular weight is 371 g/mol. The van der Waals surface area contributed by atoms with E-state index in [1.165, 1.54) is 5.56 Å². The first-order valence-electron chi connectivity index (χ1n) is 5.58. The number of phenols is 1. The Kier molecular flexibility index (Phi) is 4.80. The van der Waals surface area contributed by atoms with Crippen LogP contribution in [0, 0.1) is 0 Å². The summed E-state index contributed by atoms with van der Waals surface area (Å²) in [5, 5.41) is 13.0. The molecule has 2 aromatic rings. The molecule has 0 fully saturated rings. The molecule has 0 atom stereocenters. The first-order chi connectivity index (χ1) is 8.66. The van der Waals surface area contributed by atoms with Crippen molar-refractivity contribution in [3.63, 3.8) is 0 Å². The van der Waals surface area contributed by atoms with Gasteiger partial charge in [0.1, 0.15) is 5.75 Å². The molecule has 0 saturated heterocycles. The lowest BCUT2D eigenvalue weighted by molar-refractivity contribution is 0.468. The Hall–Kier alpha value is -0.840. The predicted octanol–water partition coefficient (Wildman–Crippen LogP) is 4.21. The fourth-order valence-corrected chi connectivity index (χ4v) is 2.95. The molecule has 0 aromatic heterocycles. The molecule has 2 aromatic carbocycles. The summed E-state index contributed by atoms with van der Waals surface area (Å²) in [7, 11) is 0. The Morgan fingerprint density at radius 1 is 0.889 bits per heavy atom. The topological polar surface area (TPSA) is 32.3 Å². The van der Waals surface area contributed by atoms with E-state index >= 15 is 0 Å². The number of hydrogen-bond donors (Lipinski definition) is 2. The Balaban J connectivity index is 1.95. The summed E-state index contributed by atoms with van der Waals surface area (Å²) < 4.78 is 1.40. The third-order valence-corrected chi connectivity index (χ3v) is 3.79. The quantitative estimate of drug-likeness (QED) is 0.844. The molecular weight excluding hydrogens is 358 g/mol. The van der Waals surface area contributed by atoms with Gasteiger partial charge in [-0.25, -0.2) is 0 Å². The summed E-state index contributed by atoms with van der Waals surface area (Å²) in [6.07, 6.45) is 0. The molecule has 4 heteroatoms. The van der Waals surface area contributed by atoms with Gasteiger partial charge in [-0.3, -0.25) is 0 Å². The minimum atomic E-state index is 0.238. The summed E-state index contributed by atoms with van der Waals surface area (Å²) in [6.45, 7) is 1.59. The van der Waals surface area contributed by atoms with Crippen LogP contribution in [0.5, 0.6) is 5.75 Å². The molecule has 18 heavy (non-hydrogen) atoms. The number of halogens is 2. The van der Waals surface area contributed by atoms with Crippen molar-refractivity contribution in [3.8, 4) is 5.75 Å². The molecule has 0 unspecified atom stereocenters. The lowest BCUT2D eigenvalue weighted by Crippen LogP contribution is -2.12. The van der Waals surface area contributed by atoms with Crippen LogP contribution < -0.4 is 5.32 Å². The monoisotopic (exact) mass is 369 g/mol. The number of phenolic OH excluding ortho intramolecular Hbond substituents is 1. The molecule has 2 N–H and O–H groups in total. The van der Waals surface area contributed by atoms with Gasteiger partial charge in [0.25, 0.3) is 0 Å². The third-order valence-electron chi connectivity index (χ3n) is 2.58. The lowest BCUT2D eigenvalue weighted by Gasteiger charge is -2.08. The van der Waals surface area contributed by atoms with E-state index in [1.807, 2.05) is 30.3 Å². The average Bonchev–Trinajstić information content (AvgIpc) is 2.37. The summed E-state index contributed by atoms with van der Waals surface area (Å²) >= 11 is 6.65. The van der Waals surface area contributed by atoms with Crippen molar-refractivity contribution in [1.29, 1.82) is 0 Å². The van der Waals surface area contributed by atoms with Crippen molar-refractivity contribution in [3.05, 3.63) is 62.5 Å². The number of aromatic hydroxyl groups is 1. The van der Waals surface area contributed by atoms with Gasteiger partial charge in [-0.05, 0) is 55.1 Å². The van der Waals surface area contributed by atoms with Crippen molar-refractivity contribution in [1.82, 2.24) is 5.32 Å². The molecule has 0 heterocycles. The fourth-order valence-electron chi connectivity index (χ4n) is 1.67. The Bertz CT molecular complexity index is 506. The van der Waals surface area contributed by atoms with Crippen LogP contribution in [0.15, 0.2) is 51.4 Å². The van der Waals surface area contributed by atoms with Crippen molar-refractivity contribution < 1.29 is 5.11 Å². The van der Waals surface area contributed by atoms with Gasteiger partial charge in [-0.15, -0.1) is 0 Å². The van der Waals surface area contributed by atoms with Gasteiger partial charge in [0.2, 0.25) is 0 Å². The molecule has 0 aliphatic rings. The van der Waals surface area contributed by atoms with Crippen molar-refractivity contribution in [2.45, 2.75) is 13.1 Å². The molecule has 0 spiro atoms. The van der Waals surface area contributed by atoms with E-state index in [-0.39, 0.29) is 5.75 Å². The second-order valence-electron chi connectivity index (χ2n) is 4.00. The number of nitrogens with one attached hydrogen (secondary N) is 1. The molecule has 94 valence electrons. The van der Waals surface area contributed by atoms with Crippen LogP contribution in [0.25, 0.3) is 0 Å². The highest BCUT2D eigenvalue weighted by molar-refractivity contribution is 9.11. The molecule has 0 saturated carbocycles. The minimum Gasteiger partial charge on any atom is -0.506 e. The van der Waals surface area contributed by atoms with Gasteiger partial charge in [-0.2, -0.15) is 0 Å². The molecule has 0 aliphatic heterocycles. The Morgan fingerprint density at radius 2 is 1.44 bits per heavy atom. The van der Waals surface area contributed by atoms with Gasteiger partial charge in [0.15, 0.2) is 0 Å². The highest BCUT2D eigenvalue weighted by Gasteiger charge is 2.05. The van der Waals surface area contributed by atoms with Crippen LogP contribution in [0.3, 0.4) is 0 Å². The summed E-state index contributed by atoms with van der Waals surface area (Å²) in [4.78, 5) is 0. The maximum atomic E-state index is 9.62.